The number of para-hydroxylation sites is 1. The monoisotopic (exact) mass is 331 g/mol. The molecule has 128 valence electrons. The van der Waals surface area contributed by atoms with Gasteiger partial charge in [0.1, 0.15) is 6.10 Å². The molecule has 0 aliphatic carbocycles. The number of carbonyl (C=O) groups excluding carboxylic acids is 2. The van der Waals surface area contributed by atoms with Crippen LogP contribution in [0.3, 0.4) is 0 Å². The zero-order valence-corrected chi connectivity index (χ0v) is 13.5. The van der Waals surface area contributed by atoms with Crippen molar-refractivity contribution < 1.29 is 19.1 Å². The number of carbonyl (C=O) groups is 2. The molecule has 0 radical (unpaired) electrons. The Kier molecular flexibility index (Phi) is 4.02. The standard InChI is InChI=1S/C17H21N3O4/c21-15-11-24-16-12(18-15)3-1-4-13(16)19-6-8-20(9-7-19)17(22)14-5-2-10-23-14/h1,3-4,14H,2,5-11H2,(H,18,21). The van der Waals surface area contributed by atoms with E-state index in [1.165, 1.54) is 0 Å². The maximum absolute atomic E-state index is 12.4. The topological polar surface area (TPSA) is 71.1 Å². The predicted molar refractivity (Wildman–Crippen MR) is 88.3 cm³/mol. The van der Waals surface area contributed by atoms with E-state index in [4.69, 9.17) is 9.47 Å². The van der Waals surface area contributed by atoms with Gasteiger partial charge >= 0.3 is 0 Å². The first-order valence-corrected chi connectivity index (χ1v) is 8.43. The lowest BCUT2D eigenvalue weighted by molar-refractivity contribution is -0.141. The average molecular weight is 331 g/mol. The first-order chi connectivity index (χ1) is 11.7. The molecule has 0 saturated carbocycles. The second-order valence-electron chi connectivity index (χ2n) is 6.30. The molecule has 0 bridgehead atoms. The quantitative estimate of drug-likeness (QED) is 0.870. The van der Waals surface area contributed by atoms with E-state index in [9.17, 15) is 9.59 Å². The van der Waals surface area contributed by atoms with Crippen molar-refractivity contribution in [2.45, 2.75) is 18.9 Å². The minimum absolute atomic E-state index is 0.0431. The second-order valence-corrected chi connectivity index (χ2v) is 6.30. The number of nitrogens with one attached hydrogen (secondary N) is 1. The number of hydrogen-bond donors (Lipinski definition) is 1. The summed E-state index contributed by atoms with van der Waals surface area (Å²) in [4.78, 5) is 28.0. The zero-order chi connectivity index (χ0) is 16.5. The van der Waals surface area contributed by atoms with E-state index < -0.39 is 0 Å². The third-order valence-electron chi connectivity index (χ3n) is 4.75. The molecule has 24 heavy (non-hydrogen) atoms. The largest absolute Gasteiger partial charge is 0.479 e. The van der Waals surface area contributed by atoms with Gasteiger partial charge in [-0.05, 0) is 25.0 Å². The molecule has 3 aliphatic heterocycles. The van der Waals surface area contributed by atoms with Gasteiger partial charge in [-0.3, -0.25) is 9.59 Å². The summed E-state index contributed by atoms with van der Waals surface area (Å²) < 4.78 is 11.1. The van der Waals surface area contributed by atoms with Gasteiger partial charge in [-0.25, -0.2) is 0 Å². The van der Waals surface area contributed by atoms with Gasteiger partial charge in [0.05, 0.1) is 11.4 Å². The Morgan fingerprint density at radius 1 is 1.21 bits per heavy atom. The third-order valence-corrected chi connectivity index (χ3v) is 4.75. The fraction of sp³-hybridized carbons (Fsp3) is 0.529. The number of anilines is 2. The highest BCUT2D eigenvalue weighted by atomic mass is 16.5. The molecule has 4 rings (SSSR count). The van der Waals surface area contributed by atoms with E-state index >= 15 is 0 Å². The first kappa shape index (κ1) is 15.3. The van der Waals surface area contributed by atoms with E-state index in [0.29, 0.717) is 25.4 Å². The van der Waals surface area contributed by atoms with E-state index in [1.807, 2.05) is 23.1 Å². The van der Waals surface area contributed by atoms with Gasteiger partial charge in [-0.15, -0.1) is 0 Å². The smallest absolute Gasteiger partial charge is 0.262 e. The molecule has 1 aromatic rings. The number of ether oxygens (including phenoxy) is 2. The van der Waals surface area contributed by atoms with Crippen LogP contribution in [0.2, 0.25) is 0 Å². The predicted octanol–water partition coefficient (Wildman–Crippen LogP) is 0.845. The van der Waals surface area contributed by atoms with Crippen LogP contribution in [-0.2, 0) is 14.3 Å². The molecular weight excluding hydrogens is 310 g/mol. The molecule has 7 nitrogen and oxygen atoms in total. The van der Waals surface area contributed by atoms with E-state index in [2.05, 4.69) is 10.2 Å². The van der Waals surface area contributed by atoms with Crippen LogP contribution in [0.5, 0.6) is 5.75 Å². The fourth-order valence-electron chi connectivity index (χ4n) is 3.49. The first-order valence-electron chi connectivity index (χ1n) is 8.43. The molecule has 3 aliphatic rings. The maximum atomic E-state index is 12.4. The van der Waals surface area contributed by atoms with Crippen LogP contribution < -0.4 is 15.0 Å². The molecule has 7 heteroatoms. The molecule has 1 aromatic carbocycles. The van der Waals surface area contributed by atoms with E-state index in [-0.39, 0.29) is 24.5 Å². The molecule has 0 aromatic heterocycles. The number of fused-ring (bicyclic) bond motifs is 1. The van der Waals surface area contributed by atoms with Crippen LogP contribution >= 0.6 is 0 Å². The van der Waals surface area contributed by atoms with Crippen LogP contribution in [0.15, 0.2) is 18.2 Å². The highest BCUT2D eigenvalue weighted by Crippen LogP contribution is 2.38. The van der Waals surface area contributed by atoms with Crippen molar-refractivity contribution in [2.75, 3.05) is 49.6 Å². The Balaban J connectivity index is 1.44. The summed E-state index contributed by atoms with van der Waals surface area (Å²) in [5.74, 6) is 0.702. The number of hydrogen-bond acceptors (Lipinski definition) is 5. The van der Waals surface area contributed by atoms with E-state index in [0.717, 1.165) is 37.4 Å². The molecule has 3 heterocycles. The van der Waals surface area contributed by atoms with Crippen molar-refractivity contribution in [3.63, 3.8) is 0 Å². The van der Waals surface area contributed by atoms with Gasteiger partial charge in [-0.1, -0.05) is 6.07 Å². The summed E-state index contributed by atoms with van der Waals surface area (Å²) in [5.41, 5.74) is 1.68. The molecule has 2 fully saturated rings. The Hall–Kier alpha value is -2.28. The van der Waals surface area contributed by atoms with Crippen molar-refractivity contribution in [3.8, 4) is 5.75 Å². The number of nitrogens with zero attached hydrogens (tertiary/aromatic N) is 2. The SMILES string of the molecule is O=C1COc2c(cccc2N2CCN(C(=O)C3CCCO3)CC2)N1. The number of rotatable bonds is 2. The van der Waals surface area contributed by atoms with Crippen LogP contribution in [0, 0.1) is 0 Å². The van der Waals surface area contributed by atoms with Crippen molar-refractivity contribution in [2.24, 2.45) is 0 Å². The highest BCUT2D eigenvalue weighted by molar-refractivity contribution is 5.97. The van der Waals surface area contributed by atoms with Crippen LogP contribution in [-0.4, -0.2) is 62.2 Å². The van der Waals surface area contributed by atoms with Crippen molar-refractivity contribution in [3.05, 3.63) is 18.2 Å². The Morgan fingerprint density at radius 2 is 2.04 bits per heavy atom. The Morgan fingerprint density at radius 3 is 2.79 bits per heavy atom. The lowest BCUT2D eigenvalue weighted by atomic mass is 10.1. The summed E-state index contributed by atoms with van der Waals surface area (Å²) in [5, 5.41) is 2.83. The molecule has 1 N–H and O–H groups in total. The van der Waals surface area contributed by atoms with E-state index in [1.54, 1.807) is 0 Å². The fourth-order valence-corrected chi connectivity index (χ4v) is 3.49. The summed E-state index contributed by atoms with van der Waals surface area (Å²) >= 11 is 0. The highest BCUT2D eigenvalue weighted by Gasteiger charge is 2.31. The minimum Gasteiger partial charge on any atom is -0.479 e. The Bertz CT molecular complexity index is 649. The van der Waals surface area contributed by atoms with Gasteiger partial charge in [0.25, 0.3) is 11.8 Å². The zero-order valence-electron chi connectivity index (χ0n) is 13.5. The van der Waals surface area contributed by atoms with Crippen LogP contribution in [0.25, 0.3) is 0 Å². The summed E-state index contributed by atoms with van der Waals surface area (Å²) in [6.07, 6.45) is 1.55. The van der Waals surface area contributed by atoms with Gasteiger partial charge in [0, 0.05) is 32.8 Å². The number of piperazine rings is 1. The van der Waals surface area contributed by atoms with Gasteiger partial charge in [-0.2, -0.15) is 0 Å². The van der Waals surface area contributed by atoms with Gasteiger partial charge in [0.15, 0.2) is 12.4 Å². The van der Waals surface area contributed by atoms with Crippen LogP contribution in [0.1, 0.15) is 12.8 Å². The molecule has 2 amide bonds. The van der Waals surface area contributed by atoms with Gasteiger partial charge < -0.3 is 24.6 Å². The van der Waals surface area contributed by atoms with Gasteiger partial charge in [0.2, 0.25) is 0 Å². The molecular formula is C17H21N3O4. The molecule has 2 saturated heterocycles. The summed E-state index contributed by atoms with van der Waals surface area (Å²) in [6, 6.07) is 5.74. The maximum Gasteiger partial charge on any atom is 0.262 e. The number of amides is 2. The molecule has 0 spiro atoms. The van der Waals surface area contributed by atoms with Crippen molar-refractivity contribution in [1.29, 1.82) is 0 Å². The summed E-state index contributed by atoms with van der Waals surface area (Å²) in [6.45, 7) is 3.57. The minimum atomic E-state index is -0.250. The molecule has 1 atom stereocenters. The second kappa shape index (κ2) is 6.32. The van der Waals surface area contributed by atoms with Crippen molar-refractivity contribution in [1.82, 2.24) is 4.90 Å². The average Bonchev–Trinajstić information content (AvgIpc) is 3.15. The lowest BCUT2D eigenvalue weighted by Gasteiger charge is -2.38. The molecule has 1 unspecified atom stereocenters. The van der Waals surface area contributed by atoms with Crippen molar-refractivity contribution >= 4 is 23.2 Å². The summed E-state index contributed by atoms with van der Waals surface area (Å²) in [7, 11) is 0. The number of benzene rings is 1. The normalized spacial score (nSPS) is 23.5. The third kappa shape index (κ3) is 2.80. The lowest BCUT2D eigenvalue weighted by Crippen LogP contribution is -2.51. The Labute approximate surface area is 140 Å². The van der Waals surface area contributed by atoms with Crippen LogP contribution in [0.4, 0.5) is 11.4 Å².